The summed E-state index contributed by atoms with van der Waals surface area (Å²) in [6, 6.07) is 0.490. The zero-order valence-corrected chi connectivity index (χ0v) is 6.72. The van der Waals surface area contributed by atoms with Crippen LogP contribution < -0.4 is 21.6 Å². The van der Waals surface area contributed by atoms with Crippen molar-refractivity contribution in [3.63, 3.8) is 0 Å². The van der Waals surface area contributed by atoms with Crippen molar-refractivity contribution in [2.75, 3.05) is 19.8 Å². The molecule has 0 radical (unpaired) electrons. The van der Waals surface area contributed by atoms with E-state index in [0.717, 1.165) is 19.8 Å². The van der Waals surface area contributed by atoms with Crippen molar-refractivity contribution in [1.82, 2.24) is 26.6 Å². The van der Waals surface area contributed by atoms with Gasteiger partial charge in [0.2, 0.25) is 0 Å². The van der Waals surface area contributed by atoms with E-state index in [1.807, 2.05) is 0 Å². The lowest BCUT2D eigenvalue weighted by molar-refractivity contribution is 0.146. The Hall–Kier alpha value is -0.200. The highest BCUT2D eigenvalue weighted by Crippen LogP contribution is 2.05. The van der Waals surface area contributed by atoms with Crippen molar-refractivity contribution in [3.8, 4) is 0 Å². The van der Waals surface area contributed by atoms with Gasteiger partial charge < -0.3 is 5.32 Å². The topological polar surface area (TPSA) is 51.4 Å². The molecule has 11 heavy (non-hydrogen) atoms. The second-order valence-corrected chi connectivity index (χ2v) is 2.93. The fourth-order valence-corrected chi connectivity index (χ4v) is 1.63. The molecule has 0 aromatic rings. The largest absolute Gasteiger partial charge is 0.303 e. The van der Waals surface area contributed by atoms with E-state index >= 15 is 0 Å². The molecule has 0 saturated carbocycles. The van der Waals surface area contributed by atoms with Crippen LogP contribution >= 0.6 is 0 Å². The van der Waals surface area contributed by atoms with Gasteiger partial charge in [-0.25, -0.2) is 10.4 Å². The summed E-state index contributed by atoms with van der Waals surface area (Å²) in [6.45, 7) is 5.09. The summed E-state index contributed by atoms with van der Waals surface area (Å²) < 4.78 is 0. The molecule has 4 N–H and O–H groups in total. The van der Waals surface area contributed by atoms with Crippen LogP contribution in [0.3, 0.4) is 0 Å². The van der Waals surface area contributed by atoms with Gasteiger partial charge in [-0.3, -0.25) is 5.32 Å². The first-order valence-electron chi connectivity index (χ1n) is 4.13. The molecule has 0 amide bonds. The molecule has 0 bridgehead atoms. The van der Waals surface area contributed by atoms with Gasteiger partial charge in [0.15, 0.2) is 0 Å². The summed E-state index contributed by atoms with van der Waals surface area (Å²) >= 11 is 0. The van der Waals surface area contributed by atoms with Crippen molar-refractivity contribution in [3.05, 3.63) is 0 Å². The molecule has 2 aliphatic rings. The van der Waals surface area contributed by atoms with Gasteiger partial charge in [-0.05, 0) is 0 Å². The number of likely N-dealkylation sites (N-methyl/N-ethyl adjacent to an activating group) is 1. The number of hydrogen-bond donors (Lipinski definition) is 4. The molecule has 5 heteroatoms. The van der Waals surface area contributed by atoms with E-state index in [-0.39, 0.29) is 0 Å². The van der Waals surface area contributed by atoms with Gasteiger partial charge in [-0.1, -0.05) is 6.92 Å². The first-order valence-corrected chi connectivity index (χ1v) is 4.13. The third kappa shape index (κ3) is 1.25. The smallest absolute Gasteiger partial charge is 0.0937 e. The van der Waals surface area contributed by atoms with Crippen LogP contribution in [-0.2, 0) is 0 Å². The highest BCUT2D eigenvalue weighted by atomic mass is 15.8. The van der Waals surface area contributed by atoms with Gasteiger partial charge >= 0.3 is 0 Å². The summed E-state index contributed by atoms with van der Waals surface area (Å²) in [5, 5.41) is 8.80. The lowest BCUT2D eigenvalue weighted by atomic mass is 10.2. The molecular weight excluding hydrogens is 142 g/mol. The monoisotopic (exact) mass is 157 g/mol. The zero-order valence-electron chi connectivity index (χ0n) is 6.72. The normalized spacial score (nSPS) is 39.0. The van der Waals surface area contributed by atoms with Crippen molar-refractivity contribution in [1.29, 1.82) is 0 Å². The van der Waals surface area contributed by atoms with E-state index < -0.39 is 0 Å². The Labute approximate surface area is 66.5 Å². The van der Waals surface area contributed by atoms with Crippen molar-refractivity contribution in [2.45, 2.75) is 19.1 Å². The van der Waals surface area contributed by atoms with Gasteiger partial charge in [-0.15, -0.1) is 0 Å². The van der Waals surface area contributed by atoms with Crippen LogP contribution in [-0.4, -0.2) is 37.0 Å². The number of rotatable bonds is 1. The SMILES string of the molecule is CCN1NNC2CNCNC21. The minimum atomic E-state index is 0.446. The van der Waals surface area contributed by atoms with Crippen LogP contribution in [0.2, 0.25) is 0 Å². The van der Waals surface area contributed by atoms with Gasteiger partial charge in [0, 0.05) is 19.8 Å². The summed E-state index contributed by atoms with van der Waals surface area (Å²) in [5.74, 6) is 0. The number of nitrogens with zero attached hydrogens (tertiary/aromatic N) is 1. The molecule has 2 atom stereocenters. The van der Waals surface area contributed by atoms with Gasteiger partial charge in [0.25, 0.3) is 0 Å². The highest BCUT2D eigenvalue weighted by molar-refractivity contribution is 4.88. The maximum Gasteiger partial charge on any atom is 0.0937 e. The summed E-state index contributed by atoms with van der Waals surface area (Å²) in [4.78, 5) is 0. The summed E-state index contributed by atoms with van der Waals surface area (Å²) in [7, 11) is 0. The molecule has 2 aliphatic heterocycles. The summed E-state index contributed by atoms with van der Waals surface area (Å²) in [5.41, 5.74) is 6.34. The average Bonchev–Trinajstić information content (AvgIpc) is 2.47. The van der Waals surface area contributed by atoms with Crippen LogP contribution in [0.1, 0.15) is 6.92 Å². The third-order valence-corrected chi connectivity index (χ3v) is 2.25. The molecule has 2 fully saturated rings. The number of fused-ring (bicyclic) bond motifs is 1. The van der Waals surface area contributed by atoms with E-state index in [4.69, 9.17) is 0 Å². The second-order valence-electron chi connectivity index (χ2n) is 2.93. The van der Waals surface area contributed by atoms with Crippen LogP contribution in [0.25, 0.3) is 0 Å². The maximum absolute atomic E-state index is 3.37. The molecule has 0 spiro atoms. The van der Waals surface area contributed by atoms with Crippen LogP contribution in [0.5, 0.6) is 0 Å². The number of nitrogens with one attached hydrogen (secondary N) is 4. The molecule has 2 rings (SSSR count). The van der Waals surface area contributed by atoms with E-state index in [9.17, 15) is 0 Å². The standard InChI is InChI=1S/C6H15N5/c1-2-11-6-5(9-10-11)3-7-4-8-6/h5-10H,2-4H2,1H3. The minimum Gasteiger partial charge on any atom is -0.303 e. The lowest BCUT2D eigenvalue weighted by Crippen LogP contribution is -2.59. The molecule has 2 unspecified atom stereocenters. The maximum atomic E-state index is 3.37. The quantitative estimate of drug-likeness (QED) is 0.361. The van der Waals surface area contributed by atoms with Crippen LogP contribution in [0.15, 0.2) is 0 Å². The predicted octanol–water partition coefficient (Wildman–Crippen LogP) is -1.82. The summed E-state index contributed by atoms with van der Waals surface area (Å²) in [6.07, 6.45) is 0.446. The molecular formula is C6H15N5. The fraction of sp³-hybridized carbons (Fsp3) is 1.00. The molecule has 64 valence electrons. The van der Waals surface area contributed by atoms with Gasteiger partial charge in [0.1, 0.15) is 0 Å². The molecule has 2 saturated heterocycles. The van der Waals surface area contributed by atoms with Crippen molar-refractivity contribution >= 4 is 0 Å². The second kappa shape index (κ2) is 3.04. The first-order chi connectivity index (χ1) is 5.42. The third-order valence-electron chi connectivity index (χ3n) is 2.25. The molecule has 2 heterocycles. The number of hydrazine groups is 2. The van der Waals surface area contributed by atoms with Crippen molar-refractivity contribution < 1.29 is 0 Å². The Bertz CT molecular complexity index is 133. The molecule has 0 aromatic carbocycles. The first kappa shape index (κ1) is 7.45. The Kier molecular flexibility index (Phi) is 2.06. The van der Waals surface area contributed by atoms with E-state index in [2.05, 4.69) is 33.5 Å². The Morgan fingerprint density at radius 1 is 1.55 bits per heavy atom. The molecule has 5 nitrogen and oxygen atoms in total. The van der Waals surface area contributed by atoms with Crippen LogP contribution in [0.4, 0.5) is 0 Å². The lowest BCUT2D eigenvalue weighted by Gasteiger charge is -2.30. The van der Waals surface area contributed by atoms with Gasteiger partial charge in [-0.2, -0.15) is 5.53 Å². The number of hydrogen-bond acceptors (Lipinski definition) is 5. The average molecular weight is 157 g/mol. The van der Waals surface area contributed by atoms with E-state index in [0.29, 0.717) is 12.2 Å². The molecule has 0 aromatic heterocycles. The highest BCUT2D eigenvalue weighted by Gasteiger charge is 2.34. The minimum absolute atomic E-state index is 0.446. The van der Waals surface area contributed by atoms with Gasteiger partial charge in [0.05, 0.1) is 12.2 Å². The molecule has 0 aliphatic carbocycles. The predicted molar refractivity (Wildman–Crippen MR) is 42.2 cm³/mol. The van der Waals surface area contributed by atoms with Crippen molar-refractivity contribution in [2.24, 2.45) is 0 Å². The zero-order chi connectivity index (χ0) is 7.68. The van der Waals surface area contributed by atoms with E-state index in [1.54, 1.807) is 0 Å². The van der Waals surface area contributed by atoms with Crippen LogP contribution in [0, 0.1) is 0 Å². The fourth-order valence-electron chi connectivity index (χ4n) is 1.63. The Morgan fingerprint density at radius 2 is 2.45 bits per heavy atom. The Balaban J connectivity index is 1.98. The van der Waals surface area contributed by atoms with E-state index in [1.165, 1.54) is 0 Å². The Morgan fingerprint density at radius 3 is 3.27 bits per heavy atom.